The van der Waals surface area contributed by atoms with Crippen molar-refractivity contribution in [1.29, 1.82) is 0 Å². The molecule has 23 heavy (non-hydrogen) atoms. The highest BCUT2D eigenvalue weighted by molar-refractivity contribution is 5.85. The maximum atomic E-state index is 12.4. The fraction of sp³-hybridized carbons (Fsp3) is 0.158. The van der Waals surface area contributed by atoms with Gasteiger partial charge in [-0.25, -0.2) is 9.78 Å². The highest BCUT2D eigenvalue weighted by atomic mass is 16.4. The molecule has 2 heterocycles. The Labute approximate surface area is 132 Å². The second kappa shape index (κ2) is 4.81. The Morgan fingerprint density at radius 2 is 1.78 bits per heavy atom. The summed E-state index contributed by atoms with van der Waals surface area (Å²) in [6.45, 7) is 6.04. The molecule has 0 fully saturated rings. The number of aromatic amines is 1. The molecule has 4 rings (SSSR count). The summed E-state index contributed by atoms with van der Waals surface area (Å²) < 4.78 is 5.51. The number of nitrogens with one attached hydrogen (secondary N) is 1. The summed E-state index contributed by atoms with van der Waals surface area (Å²) in [5.74, 6) is 0.544. The fourth-order valence-electron chi connectivity index (χ4n) is 2.85. The zero-order valence-corrected chi connectivity index (χ0v) is 13.2. The standard InChI is InChI=1S/C19H16N2O2/c1-10-5-4-6-13-9-14(19(22)23-17(10)13)18-20-15-7-11(2)12(3)8-16(15)21-18/h4-9H,1-3H3,(H,20,21). The van der Waals surface area contributed by atoms with E-state index in [1.54, 1.807) is 0 Å². The molecular weight excluding hydrogens is 288 g/mol. The van der Waals surface area contributed by atoms with E-state index in [0.717, 1.165) is 22.0 Å². The number of aromatic nitrogens is 2. The van der Waals surface area contributed by atoms with Gasteiger partial charge in [-0.3, -0.25) is 0 Å². The first-order chi connectivity index (χ1) is 11.0. The molecule has 2 aromatic carbocycles. The molecule has 0 atom stereocenters. The van der Waals surface area contributed by atoms with Gasteiger partial charge in [0.25, 0.3) is 0 Å². The Kier molecular flexibility index (Phi) is 2.88. The monoisotopic (exact) mass is 304 g/mol. The highest BCUT2D eigenvalue weighted by Gasteiger charge is 2.13. The normalized spacial score (nSPS) is 11.4. The molecule has 2 aromatic heterocycles. The van der Waals surface area contributed by atoms with Crippen LogP contribution in [0.3, 0.4) is 0 Å². The molecule has 0 bridgehead atoms. The van der Waals surface area contributed by atoms with Gasteiger partial charge in [0, 0.05) is 5.39 Å². The third-order valence-corrected chi connectivity index (χ3v) is 4.31. The predicted molar refractivity (Wildman–Crippen MR) is 91.8 cm³/mol. The summed E-state index contributed by atoms with van der Waals surface area (Å²) in [4.78, 5) is 20.2. The number of imidazole rings is 1. The molecule has 0 amide bonds. The molecule has 0 aliphatic carbocycles. The molecule has 0 saturated heterocycles. The molecule has 1 N–H and O–H groups in total. The van der Waals surface area contributed by atoms with Gasteiger partial charge in [0.1, 0.15) is 17.0 Å². The second-order valence-corrected chi connectivity index (χ2v) is 5.98. The van der Waals surface area contributed by atoms with Crippen LogP contribution >= 0.6 is 0 Å². The zero-order chi connectivity index (χ0) is 16.1. The van der Waals surface area contributed by atoms with E-state index in [-0.39, 0.29) is 5.63 Å². The van der Waals surface area contributed by atoms with Crippen LogP contribution in [0.2, 0.25) is 0 Å². The molecule has 114 valence electrons. The molecule has 0 spiro atoms. The van der Waals surface area contributed by atoms with E-state index in [1.807, 2.05) is 43.3 Å². The van der Waals surface area contributed by atoms with Crippen LogP contribution in [0.4, 0.5) is 0 Å². The second-order valence-electron chi connectivity index (χ2n) is 5.98. The zero-order valence-electron chi connectivity index (χ0n) is 13.2. The quantitative estimate of drug-likeness (QED) is 0.534. The van der Waals surface area contributed by atoms with Gasteiger partial charge in [0.05, 0.1) is 11.0 Å². The maximum Gasteiger partial charge on any atom is 0.347 e. The third kappa shape index (κ3) is 2.14. The van der Waals surface area contributed by atoms with Crippen molar-refractivity contribution >= 4 is 22.0 Å². The van der Waals surface area contributed by atoms with Crippen LogP contribution in [0.1, 0.15) is 16.7 Å². The number of benzene rings is 2. The van der Waals surface area contributed by atoms with Crippen molar-refractivity contribution in [3.05, 3.63) is 63.5 Å². The van der Waals surface area contributed by atoms with E-state index in [4.69, 9.17) is 4.42 Å². The number of hydrogen-bond acceptors (Lipinski definition) is 3. The number of H-pyrrole nitrogens is 1. The van der Waals surface area contributed by atoms with E-state index in [2.05, 4.69) is 23.8 Å². The van der Waals surface area contributed by atoms with Gasteiger partial charge in [-0.15, -0.1) is 0 Å². The molecule has 4 heteroatoms. The Morgan fingerprint density at radius 3 is 2.61 bits per heavy atom. The number of rotatable bonds is 1. The first-order valence-corrected chi connectivity index (χ1v) is 7.54. The summed E-state index contributed by atoms with van der Waals surface area (Å²) >= 11 is 0. The van der Waals surface area contributed by atoms with E-state index in [1.165, 1.54) is 11.1 Å². The molecule has 0 radical (unpaired) electrons. The van der Waals surface area contributed by atoms with E-state index in [0.29, 0.717) is 17.0 Å². The van der Waals surface area contributed by atoms with Gasteiger partial charge >= 0.3 is 5.63 Å². The van der Waals surface area contributed by atoms with Crippen LogP contribution in [0.5, 0.6) is 0 Å². The van der Waals surface area contributed by atoms with Gasteiger partial charge in [-0.1, -0.05) is 18.2 Å². The molecule has 4 nitrogen and oxygen atoms in total. The summed E-state index contributed by atoms with van der Waals surface area (Å²) in [7, 11) is 0. The minimum atomic E-state index is -0.376. The Bertz CT molecular complexity index is 1080. The van der Waals surface area contributed by atoms with Crippen LogP contribution in [0.25, 0.3) is 33.4 Å². The van der Waals surface area contributed by atoms with Crippen molar-refractivity contribution in [3.63, 3.8) is 0 Å². The smallest absolute Gasteiger partial charge is 0.347 e. The summed E-state index contributed by atoms with van der Waals surface area (Å²) in [5.41, 5.74) is 5.80. The van der Waals surface area contributed by atoms with E-state index < -0.39 is 0 Å². The van der Waals surface area contributed by atoms with Gasteiger partial charge in [-0.2, -0.15) is 0 Å². The predicted octanol–water partition coefficient (Wildman–Crippen LogP) is 4.26. The Balaban J connectivity index is 1.98. The number of hydrogen-bond donors (Lipinski definition) is 1. The third-order valence-electron chi connectivity index (χ3n) is 4.31. The lowest BCUT2D eigenvalue weighted by Crippen LogP contribution is -2.04. The Hall–Kier alpha value is -2.88. The Morgan fingerprint density at radius 1 is 1.00 bits per heavy atom. The van der Waals surface area contributed by atoms with Crippen LogP contribution in [0.15, 0.2) is 45.6 Å². The fourth-order valence-corrected chi connectivity index (χ4v) is 2.85. The van der Waals surface area contributed by atoms with Crippen LogP contribution in [-0.2, 0) is 0 Å². The van der Waals surface area contributed by atoms with Crippen LogP contribution in [0, 0.1) is 20.8 Å². The van der Waals surface area contributed by atoms with Crippen molar-refractivity contribution in [3.8, 4) is 11.4 Å². The van der Waals surface area contributed by atoms with Gasteiger partial charge in [0.15, 0.2) is 0 Å². The largest absolute Gasteiger partial charge is 0.422 e. The minimum absolute atomic E-state index is 0.376. The lowest BCUT2D eigenvalue weighted by atomic mass is 10.1. The van der Waals surface area contributed by atoms with Gasteiger partial charge < -0.3 is 9.40 Å². The SMILES string of the molecule is Cc1cc2nc(-c3cc4cccc(C)c4oc3=O)[nH]c2cc1C. The molecule has 4 aromatic rings. The molecule has 0 aliphatic heterocycles. The lowest BCUT2D eigenvalue weighted by Gasteiger charge is -2.02. The summed E-state index contributed by atoms with van der Waals surface area (Å²) in [6.07, 6.45) is 0. The average Bonchev–Trinajstić information content (AvgIpc) is 2.90. The minimum Gasteiger partial charge on any atom is -0.422 e. The van der Waals surface area contributed by atoms with Gasteiger partial charge in [-0.05, 0) is 55.7 Å². The van der Waals surface area contributed by atoms with Crippen molar-refractivity contribution in [2.75, 3.05) is 0 Å². The van der Waals surface area contributed by atoms with Crippen LogP contribution < -0.4 is 5.63 Å². The van der Waals surface area contributed by atoms with Gasteiger partial charge in [0.2, 0.25) is 0 Å². The number of aryl methyl sites for hydroxylation is 3. The maximum absolute atomic E-state index is 12.4. The van der Waals surface area contributed by atoms with E-state index in [9.17, 15) is 4.79 Å². The molecule has 0 aliphatic rings. The van der Waals surface area contributed by atoms with Crippen molar-refractivity contribution in [2.24, 2.45) is 0 Å². The van der Waals surface area contributed by atoms with Crippen molar-refractivity contribution in [2.45, 2.75) is 20.8 Å². The topological polar surface area (TPSA) is 58.9 Å². The number of fused-ring (bicyclic) bond motifs is 2. The molecular formula is C19H16N2O2. The van der Waals surface area contributed by atoms with Crippen molar-refractivity contribution in [1.82, 2.24) is 9.97 Å². The molecule has 0 unspecified atom stereocenters. The highest BCUT2D eigenvalue weighted by Crippen LogP contribution is 2.24. The lowest BCUT2D eigenvalue weighted by molar-refractivity contribution is 0.560. The average molecular weight is 304 g/mol. The number of para-hydroxylation sites is 1. The first-order valence-electron chi connectivity index (χ1n) is 7.54. The van der Waals surface area contributed by atoms with Crippen molar-refractivity contribution < 1.29 is 4.42 Å². The van der Waals surface area contributed by atoms with E-state index >= 15 is 0 Å². The first kappa shape index (κ1) is 13.8. The summed E-state index contributed by atoms with van der Waals surface area (Å²) in [5, 5.41) is 0.896. The number of nitrogens with zero attached hydrogens (tertiary/aromatic N) is 1. The van der Waals surface area contributed by atoms with Crippen LogP contribution in [-0.4, -0.2) is 9.97 Å². The molecule has 0 saturated carbocycles. The summed E-state index contributed by atoms with van der Waals surface area (Å²) in [6, 6.07) is 11.7.